The summed E-state index contributed by atoms with van der Waals surface area (Å²) in [4.78, 5) is 2.44. The number of anilines is 2. The molecule has 4 heteroatoms. The van der Waals surface area contributed by atoms with E-state index in [0.717, 1.165) is 26.2 Å². The average Bonchev–Trinajstić information content (AvgIpc) is 2.82. The second-order valence-corrected chi connectivity index (χ2v) is 13.2. The van der Waals surface area contributed by atoms with Crippen LogP contribution in [-0.2, 0) is 16.8 Å². The Kier molecular flexibility index (Phi) is 14.6. The fourth-order valence-electron chi connectivity index (χ4n) is 5.18. The molecule has 0 saturated heterocycles. The third-order valence-corrected chi connectivity index (χ3v) is 7.86. The molecule has 2 rings (SSSR count). The smallest absolute Gasteiger partial charge is 0.0411 e. The molecule has 0 unspecified atom stereocenters. The van der Waals surface area contributed by atoms with E-state index in [1.807, 2.05) is 0 Å². The van der Waals surface area contributed by atoms with Crippen molar-refractivity contribution in [2.75, 3.05) is 43.9 Å². The summed E-state index contributed by atoms with van der Waals surface area (Å²) in [6, 6.07) is 9.72. The van der Waals surface area contributed by atoms with Crippen LogP contribution in [-0.4, -0.2) is 38.1 Å². The van der Waals surface area contributed by atoms with Crippen LogP contribution >= 0.6 is 0 Å². The number of nitrogens with one attached hydrogen (secondary N) is 2. The Morgan fingerprint density at radius 3 is 0.949 bits per heavy atom. The molecule has 0 atom stereocenters. The van der Waals surface area contributed by atoms with Gasteiger partial charge in [-0.05, 0) is 75.9 Å². The van der Waals surface area contributed by atoms with Gasteiger partial charge in [-0.1, -0.05) is 107 Å². The summed E-state index contributed by atoms with van der Waals surface area (Å²) < 4.78 is 0. The Balaban J connectivity index is 0.00000760. The quantitative estimate of drug-likeness (QED) is 0.233. The largest absolute Gasteiger partial charge is 0.383 e. The van der Waals surface area contributed by atoms with Crippen molar-refractivity contribution in [1.29, 1.82) is 0 Å². The maximum atomic E-state index is 3.85. The maximum Gasteiger partial charge on any atom is 0.0411 e. The molecule has 0 spiro atoms. The zero-order chi connectivity index (χ0) is 28.7. The Morgan fingerprint density at radius 1 is 0.487 bits per heavy atom. The van der Waals surface area contributed by atoms with Crippen LogP contribution in [0.25, 0.3) is 0 Å². The summed E-state index contributed by atoms with van der Waals surface area (Å²) in [5.41, 5.74) is 11.4. The third-order valence-electron chi connectivity index (χ3n) is 7.86. The standard InChI is InChI=1S/C35H59N3.Co/c1-22(2)28-18-30(24(5)6)34(31(19-28)25(7)8)36-14-16-38(13)17-15-37-35-32(26(9)10)20-29(23(3)4)21-33(35)27(11)12;/h18-27,36-37H,14-17H2,1-13H3;. The molecule has 223 valence electrons. The summed E-state index contributed by atoms with van der Waals surface area (Å²) in [6.07, 6.45) is 0. The van der Waals surface area contributed by atoms with E-state index in [-0.39, 0.29) is 16.8 Å². The van der Waals surface area contributed by atoms with Crippen LogP contribution < -0.4 is 10.6 Å². The van der Waals surface area contributed by atoms with Gasteiger partial charge >= 0.3 is 0 Å². The fourth-order valence-corrected chi connectivity index (χ4v) is 5.18. The van der Waals surface area contributed by atoms with Crippen molar-refractivity contribution < 1.29 is 16.8 Å². The monoisotopic (exact) mass is 580 g/mol. The van der Waals surface area contributed by atoms with Gasteiger partial charge in [0, 0.05) is 54.3 Å². The van der Waals surface area contributed by atoms with Gasteiger partial charge in [-0.15, -0.1) is 0 Å². The van der Waals surface area contributed by atoms with Crippen LogP contribution in [0.2, 0.25) is 0 Å². The van der Waals surface area contributed by atoms with Crippen molar-refractivity contribution in [2.45, 2.75) is 119 Å². The van der Waals surface area contributed by atoms with Crippen LogP contribution in [0.5, 0.6) is 0 Å². The van der Waals surface area contributed by atoms with Gasteiger partial charge < -0.3 is 15.5 Å². The van der Waals surface area contributed by atoms with Gasteiger partial charge in [0.25, 0.3) is 0 Å². The van der Waals surface area contributed by atoms with E-state index >= 15 is 0 Å². The Morgan fingerprint density at radius 2 is 0.744 bits per heavy atom. The summed E-state index contributed by atoms with van der Waals surface area (Å²) in [7, 11) is 2.24. The molecular weight excluding hydrogens is 521 g/mol. The molecular formula is C35H59CoN3. The van der Waals surface area contributed by atoms with Gasteiger partial charge in [0.2, 0.25) is 0 Å². The van der Waals surface area contributed by atoms with E-state index in [0.29, 0.717) is 35.5 Å². The predicted octanol–water partition coefficient (Wildman–Crippen LogP) is 9.88. The van der Waals surface area contributed by atoms with E-state index in [9.17, 15) is 0 Å². The number of hydrogen-bond donors (Lipinski definition) is 2. The summed E-state index contributed by atoms with van der Waals surface area (Å²) >= 11 is 0. The van der Waals surface area contributed by atoms with Crippen molar-refractivity contribution in [2.24, 2.45) is 0 Å². The third kappa shape index (κ3) is 9.83. The minimum Gasteiger partial charge on any atom is -0.383 e. The van der Waals surface area contributed by atoms with Gasteiger partial charge in [0.1, 0.15) is 0 Å². The maximum absolute atomic E-state index is 3.85. The molecule has 0 aliphatic carbocycles. The Hall–Kier alpha value is -1.49. The van der Waals surface area contributed by atoms with E-state index < -0.39 is 0 Å². The van der Waals surface area contributed by atoms with Crippen molar-refractivity contribution in [3.8, 4) is 0 Å². The molecule has 1 radical (unpaired) electrons. The Bertz CT molecular complexity index is 881. The molecule has 0 bridgehead atoms. The van der Waals surface area contributed by atoms with Gasteiger partial charge in [0.05, 0.1) is 0 Å². The van der Waals surface area contributed by atoms with Crippen molar-refractivity contribution >= 4 is 11.4 Å². The van der Waals surface area contributed by atoms with Crippen LogP contribution in [0.1, 0.15) is 152 Å². The minimum absolute atomic E-state index is 0. The van der Waals surface area contributed by atoms with Crippen LogP contribution in [0, 0.1) is 0 Å². The van der Waals surface area contributed by atoms with E-state index in [1.165, 1.54) is 44.8 Å². The molecule has 0 saturated carbocycles. The SMILES string of the molecule is CC(C)c1cc(C(C)C)c(NCCN(C)CCNc2c(C(C)C)cc(C(C)C)cc2C(C)C)c(C(C)C)c1.[Co]. The number of nitrogens with zero attached hydrogens (tertiary/aromatic N) is 1. The van der Waals surface area contributed by atoms with Crippen LogP contribution in [0.3, 0.4) is 0 Å². The van der Waals surface area contributed by atoms with E-state index in [1.54, 1.807) is 0 Å². The van der Waals surface area contributed by atoms with Crippen LogP contribution in [0.15, 0.2) is 24.3 Å². The number of likely N-dealkylation sites (N-methyl/N-ethyl adjacent to an activating group) is 1. The summed E-state index contributed by atoms with van der Waals surface area (Å²) in [5.74, 6) is 3.11. The molecule has 0 heterocycles. The first-order valence-electron chi connectivity index (χ1n) is 15.3. The van der Waals surface area contributed by atoms with Gasteiger partial charge in [0.15, 0.2) is 0 Å². The molecule has 2 N–H and O–H groups in total. The fraction of sp³-hybridized carbons (Fsp3) is 0.657. The van der Waals surface area contributed by atoms with E-state index in [4.69, 9.17) is 0 Å². The molecule has 0 aliphatic rings. The normalized spacial score (nSPS) is 12.0. The van der Waals surface area contributed by atoms with Gasteiger partial charge in [-0.3, -0.25) is 0 Å². The molecule has 0 amide bonds. The molecule has 2 aromatic carbocycles. The number of benzene rings is 2. The van der Waals surface area contributed by atoms with Crippen molar-refractivity contribution in [3.05, 3.63) is 57.6 Å². The average molecular weight is 581 g/mol. The Labute approximate surface area is 252 Å². The first-order valence-corrected chi connectivity index (χ1v) is 15.3. The predicted molar refractivity (Wildman–Crippen MR) is 172 cm³/mol. The first-order chi connectivity index (χ1) is 17.7. The number of hydrogen-bond acceptors (Lipinski definition) is 3. The molecule has 0 fully saturated rings. The summed E-state index contributed by atoms with van der Waals surface area (Å²) in [5, 5.41) is 7.71. The van der Waals surface area contributed by atoms with Gasteiger partial charge in [-0.25, -0.2) is 0 Å². The second-order valence-electron chi connectivity index (χ2n) is 13.2. The van der Waals surface area contributed by atoms with E-state index in [2.05, 4.69) is 130 Å². The molecule has 39 heavy (non-hydrogen) atoms. The minimum atomic E-state index is 0. The second kappa shape index (κ2) is 16.1. The number of rotatable bonds is 14. The topological polar surface area (TPSA) is 27.3 Å². The molecule has 3 nitrogen and oxygen atoms in total. The van der Waals surface area contributed by atoms with Gasteiger partial charge in [-0.2, -0.15) is 0 Å². The van der Waals surface area contributed by atoms with Crippen molar-refractivity contribution in [3.63, 3.8) is 0 Å². The van der Waals surface area contributed by atoms with Crippen LogP contribution in [0.4, 0.5) is 11.4 Å². The summed E-state index contributed by atoms with van der Waals surface area (Å²) in [6.45, 7) is 31.7. The zero-order valence-electron chi connectivity index (χ0n) is 27.4. The first kappa shape index (κ1) is 35.5. The zero-order valence-corrected chi connectivity index (χ0v) is 28.4. The molecule has 0 aromatic heterocycles. The molecule has 0 aliphatic heterocycles. The molecule has 2 aromatic rings. The van der Waals surface area contributed by atoms with Crippen molar-refractivity contribution in [1.82, 2.24) is 4.90 Å².